The van der Waals surface area contributed by atoms with E-state index in [0.717, 1.165) is 15.3 Å². The summed E-state index contributed by atoms with van der Waals surface area (Å²) >= 11 is 1.56. The summed E-state index contributed by atoms with van der Waals surface area (Å²) in [7, 11) is 0. The molecule has 1 aliphatic rings. The number of amidine groups is 1. The summed E-state index contributed by atoms with van der Waals surface area (Å²) in [6.07, 6.45) is 1.04. The second kappa shape index (κ2) is 12.0. The van der Waals surface area contributed by atoms with Crippen molar-refractivity contribution in [3.05, 3.63) is 92.4 Å². The number of carbonyl (C=O) groups is 3. The molecular weight excluding hydrogens is 507 g/mol. The molecule has 0 fully saturated rings. The van der Waals surface area contributed by atoms with E-state index < -0.39 is 11.9 Å². The molecule has 4 rings (SSSR count). The van der Waals surface area contributed by atoms with Crippen LogP contribution in [-0.4, -0.2) is 47.7 Å². The van der Waals surface area contributed by atoms with Crippen molar-refractivity contribution in [3.63, 3.8) is 0 Å². The molecule has 1 atom stereocenters. The van der Waals surface area contributed by atoms with E-state index in [1.54, 1.807) is 59.6 Å². The van der Waals surface area contributed by atoms with Crippen molar-refractivity contribution >= 4 is 35.0 Å². The number of hydrogen-bond acceptors (Lipinski definition) is 6. The van der Waals surface area contributed by atoms with Gasteiger partial charge in [-0.1, -0.05) is 24.3 Å². The molecular formula is C28H29FN4O4S. The summed E-state index contributed by atoms with van der Waals surface area (Å²) in [6.45, 7) is 2.95. The van der Waals surface area contributed by atoms with E-state index in [2.05, 4.69) is 5.32 Å². The molecule has 3 aromatic rings. The summed E-state index contributed by atoms with van der Waals surface area (Å²) in [4.78, 5) is 42.4. The Morgan fingerprint density at radius 1 is 1.13 bits per heavy atom. The van der Waals surface area contributed by atoms with Gasteiger partial charge in [0.15, 0.2) is 0 Å². The van der Waals surface area contributed by atoms with Crippen LogP contribution in [0.3, 0.4) is 0 Å². The number of ether oxygens (including phenoxy) is 1. The minimum Gasteiger partial charge on any atom is -0.466 e. The van der Waals surface area contributed by atoms with Crippen molar-refractivity contribution in [3.8, 4) is 0 Å². The van der Waals surface area contributed by atoms with Gasteiger partial charge in [-0.3, -0.25) is 19.8 Å². The van der Waals surface area contributed by atoms with E-state index in [-0.39, 0.29) is 36.4 Å². The lowest BCUT2D eigenvalue weighted by Gasteiger charge is -2.31. The number of benzene rings is 2. The fraction of sp³-hybridized carbons (Fsp3) is 0.286. The highest BCUT2D eigenvalue weighted by Crippen LogP contribution is 2.29. The number of nitrogens with one attached hydrogen (secondary N) is 2. The molecule has 0 unspecified atom stereocenters. The second-order valence-electron chi connectivity index (χ2n) is 9.00. The van der Waals surface area contributed by atoms with E-state index in [1.807, 2.05) is 6.07 Å². The lowest BCUT2D eigenvalue weighted by atomic mass is 10.0. The van der Waals surface area contributed by atoms with Gasteiger partial charge in [0.2, 0.25) is 5.91 Å². The Labute approximate surface area is 224 Å². The first-order valence-corrected chi connectivity index (χ1v) is 13.1. The third-order valence-corrected chi connectivity index (χ3v) is 7.50. The molecule has 0 radical (unpaired) electrons. The van der Waals surface area contributed by atoms with Gasteiger partial charge in [-0.15, -0.1) is 11.3 Å². The Balaban J connectivity index is 1.51. The number of nitrogen functional groups attached to an aromatic ring is 1. The van der Waals surface area contributed by atoms with Gasteiger partial charge in [-0.05, 0) is 54.8 Å². The zero-order valence-electron chi connectivity index (χ0n) is 21.0. The Morgan fingerprint density at radius 2 is 1.82 bits per heavy atom. The molecule has 0 saturated carbocycles. The smallest absolute Gasteiger partial charge is 0.311 e. The summed E-state index contributed by atoms with van der Waals surface area (Å²) in [5, 5.41) is 10.4. The number of halogens is 1. The third kappa shape index (κ3) is 6.63. The molecule has 1 aliphatic heterocycles. The minimum atomic E-state index is -0.875. The predicted octanol–water partition coefficient (Wildman–Crippen LogP) is 3.20. The lowest BCUT2D eigenvalue weighted by molar-refractivity contribution is -0.142. The maximum absolute atomic E-state index is 13.7. The van der Waals surface area contributed by atoms with E-state index >= 15 is 0 Å². The lowest BCUT2D eigenvalue weighted by Crippen LogP contribution is -2.50. The van der Waals surface area contributed by atoms with Gasteiger partial charge in [-0.2, -0.15) is 0 Å². The Hall–Kier alpha value is -4.05. The first kappa shape index (κ1) is 27.0. The maximum atomic E-state index is 13.7. The monoisotopic (exact) mass is 536 g/mol. The Bertz CT molecular complexity index is 1340. The van der Waals surface area contributed by atoms with Gasteiger partial charge < -0.3 is 20.7 Å². The number of esters is 1. The molecule has 1 aromatic heterocycles. The predicted molar refractivity (Wildman–Crippen MR) is 143 cm³/mol. The average molecular weight is 537 g/mol. The molecule has 2 amide bonds. The van der Waals surface area contributed by atoms with Crippen molar-refractivity contribution in [2.75, 3.05) is 13.2 Å². The number of carbonyl (C=O) groups excluding carboxylic acids is 3. The molecule has 8 nitrogen and oxygen atoms in total. The Kier molecular flexibility index (Phi) is 8.52. The molecule has 0 aliphatic carbocycles. The van der Waals surface area contributed by atoms with Gasteiger partial charge >= 0.3 is 5.97 Å². The van der Waals surface area contributed by atoms with Gasteiger partial charge in [0.05, 0.1) is 13.0 Å². The van der Waals surface area contributed by atoms with E-state index in [0.29, 0.717) is 42.8 Å². The first-order chi connectivity index (χ1) is 18.2. The fourth-order valence-corrected chi connectivity index (χ4v) is 5.50. The topological polar surface area (TPSA) is 126 Å². The summed E-state index contributed by atoms with van der Waals surface area (Å²) in [6, 6.07) is 13.2. The van der Waals surface area contributed by atoms with Crippen LogP contribution in [0.2, 0.25) is 0 Å². The van der Waals surface area contributed by atoms with Gasteiger partial charge in [0, 0.05) is 40.4 Å². The highest BCUT2D eigenvalue weighted by Gasteiger charge is 2.30. The summed E-state index contributed by atoms with van der Waals surface area (Å²) in [5.74, 6) is -1.45. The highest BCUT2D eigenvalue weighted by atomic mass is 32.1. The van der Waals surface area contributed by atoms with Gasteiger partial charge in [0.1, 0.15) is 17.7 Å². The van der Waals surface area contributed by atoms with E-state index in [9.17, 15) is 18.8 Å². The second-order valence-corrected chi connectivity index (χ2v) is 10.2. The molecule has 4 N–H and O–H groups in total. The van der Waals surface area contributed by atoms with Crippen LogP contribution >= 0.6 is 11.3 Å². The van der Waals surface area contributed by atoms with Crippen LogP contribution in [0.25, 0.3) is 0 Å². The van der Waals surface area contributed by atoms with Gasteiger partial charge in [0.25, 0.3) is 5.91 Å². The number of thiophene rings is 1. The van der Waals surface area contributed by atoms with Crippen LogP contribution in [0.4, 0.5) is 4.39 Å². The van der Waals surface area contributed by atoms with Crippen LogP contribution in [-0.2, 0) is 40.1 Å². The van der Waals surface area contributed by atoms with Crippen LogP contribution < -0.4 is 11.1 Å². The quantitative estimate of drug-likeness (QED) is 0.220. The molecule has 2 heterocycles. The van der Waals surface area contributed by atoms with Crippen LogP contribution in [0.5, 0.6) is 0 Å². The maximum Gasteiger partial charge on any atom is 0.311 e. The molecule has 198 valence electrons. The average Bonchev–Trinajstić information content (AvgIpc) is 3.30. The normalized spacial score (nSPS) is 13.4. The Morgan fingerprint density at radius 3 is 2.47 bits per heavy atom. The van der Waals surface area contributed by atoms with Crippen molar-refractivity contribution in [2.45, 2.75) is 38.8 Å². The van der Waals surface area contributed by atoms with Crippen molar-refractivity contribution in [2.24, 2.45) is 5.73 Å². The molecule has 0 spiro atoms. The molecule has 0 saturated heterocycles. The van der Waals surface area contributed by atoms with Crippen molar-refractivity contribution in [1.29, 1.82) is 5.41 Å². The number of nitrogens with two attached hydrogens (primary N) is 1. The number of nitrogens with zero attached hydrogens (tertiary/aromatic N) is 1. The molecule has 10 heteroatoms. The largest absolute Gasteiger partial charge is 0.466 e. The number of amides is 2. The SMILES string of the molecule is CCOC(=O)Cc1cc2c(s1)CCN(C(=O)[C@H](Cc1ccc(F)cc1)NC(=O)c1ccc(C(=N)N)cc1)C2. The standard InChI is InChI=1S/C28H29FN4O4S/c1-2-37-25(34)15-22-14-20-16-33(12-11-24(20)38-22)28(36)23(13-17-3-9-21(29)10-4-17)32-27(35)19-7-5-18(6-8-19)26(30)31/h3-10,14,23H,2,11-13,15-16H2,1H3,(H3,30,31)(H,32,35)/t23-/m0/s1. The van der Waals surface area contributed by atoms with Crippen molar-refractivity contribution in [1.82, 2.24) is 10.2 Å². The van der Waals surface area contributed by atoms with Gasteiger partial charge in [-0.25, -0.2) is 4.39 Å². The van der Waals surface area contributed by atoms with Crippen molar-refractivity contribution < 1.29 is 23.5 Å². The third-order valence-electron chi connectivity index (χ3n) is 6.27. The van der Waals surface area contributed by atoms with Crippen LogP contribution in [0.1, 0.15) is 43.7 Å². The highest BCUT2D eigenvalue weighted by molar-refractivity contribution is 7.12. The number of hydrogen-bond donors (Lipinski definition) is 3. The fourth-order valence-electron chi connectivity index (χ4n) is 4.34. The number of fused-ring (bicyclic) bond motifs is 1. The minimum absolute atomic E-state index is 0.107. The van der Waals surface area contributed by atoms with Crippen LogP contribution in [0, 0.1) is 11.2 Å². The molecule has 2 aromatic carbocycles. The summed E-state index contributed by atoms with van der Waals surface area (Å²) < 4.78 is 18.5. The molecule has 38 heavy (non-hydrogen) atoms. The first-order valence-electron chi connectivity index (χ1n) is 12.3. The van der Waals surface area contributed by atoms with E-state index in [1.165, 1.54) is 12.1 Å². The number of rotatable bonds is 9. The zero-order valence-corrected chi connectivity index (χ0v) is 21.8. The summed E-state index contributed by atoms with van der Waals surface area (Å²) in [5.41, 5.74) is 8.01. The molecule has 0 bridgehead atoms. The van der Waals surface area contributed by atoms with Crippen LogP contribution in [0.15, 0.2) is 54.6 Å². The van der Waals surface area contributed by atoms with E-state index in [4.69, 9.17) is 15.9 Å². The zero-order chi connectivity index (χ0) is 27.2.